The van der Waals surface area contributed by atoms with Crippen molar-refractivity contribution in [2.24, 2.45) is 5.73 Å². The van der Waals surface area contributed by atoms with Crippen LogP contribution in [-0.4, -0.2) is 37.0 Å². The van der Waals surface area contributed by atoms with Crippen molar-refractivity contribution < 1.29 is 9.53 Å². The molecule has 0 spiro atoms. The lowest BCUT2D eigenvalue weighted by Gasteiger charge is -2.20. The Hall–Kier alpha value is -1.55. The van der Waals surface area contributed by atoms with Gasteiger partial charge in [0.2, 0.25) is 0 Å². The van der Waals surface area contributed by atoms with Crippen molar-refractivity contribution in [3.8, 4) is 5.75 Å². The molecule has 1 aromatic carbocycles. The van der Waals surface area contributed by atoms with Crippen LogP contribution in [0, 0.1) is 0 Å². The third kappa shape index (κ3) is 5.19. The molecule has 4 nitrogen and oxygen atoms in total. The lowest BCUT2D eigenvalue weighted by molar-refractivity contribution is -0.133. The Morgan fingerprint density at radius 2 is 2.00 bits per heavy atom. The van der Waals surface area contributed by atoms with E-state index in [-0.39, 0.29) is 12.5 Å². The topological polar surface area (TPSA) is 55.6 Å². The molecule has 0 aromatic heterocycles. The maximum absolute atomic E-state index is 11.9. The third-order valence-electron chi connectivity index (χ3n) is 2.72. The van der Waals surface area contributed by atoms with Gasteiger partial charge in [-0.25, -0.2) is 0 Å². The predicted octanol–water partition coefficient (Wildman–Crippen LogP) is 1.65. The molecule has 0 aliphatic heterocycles. The summed E-state index contributed by atoms with van der Waals surface area (Å²) in [6, 6.07) is 9.38. The molecular formula is C14H22N2O2. The molecule has 0 aliphatic rings. The van der Waals surface area contributed by atoms with Crippen LogP contribution >= 0.6 is 0 Å². The highest BCUT2D eigenvalue weighted by molar-refractivity contribution is 5.77. The van der Waals surface area contributed by atoms with Crippen LogP contribution in [0.15, 0.2) is 30.3 Å². The van der Waals surface area contributed by atoms with Gasteiger partial charge in [0.1, 0.15) is 5.75 Å². The largest absolute Gasteiger partial charge is 0.484 e. The molecule has 18 heavy (non-hydrogen) atoms. The summed E-state index contributed by atoms with van der Waals surface area (Å²) in [7, 11) is 0. The average molecular weight is 250 g/mol. The van der Waals surface area contributed by atoms with Gasteiger partial charge in [-0.1, -0.05) is 18.2 Å². The van der Waals surface area contributed by atoms with Gasteiger partial charge in [-0.05, 0) is 38.4 Å². The zero-order valence-electron chi connectivity index (χ0n) is 11.0. The highest BCUT2D eigenvalue weighted by Gasteiger charge is 2.11. The standard InChI is InChI=1S/C14H22N2O2/c1-2-16(11-7-6-10-15)14(17)12-18-13-8-4-3-5-9-13/h3-5,8-9H,2,6-7,10-12,15H2,1H3. The van der Waals surface area contributed by atoms with Gasteiger partial charge >= 0.3 is 0 Å². The van der Waals surface area contributed by atoms with E-state index < -0.39 is 0 Å². The Balaban J connectivity index is 2.33. The van der Waals surface area contributed by atoms with Gasteiger partial charge in [0.15, 0.2) is 6.61 Å². The van der Waals surface area contributed by atoms with E-state index in [4.69, 9.17) is 10.5 Å². The van der Waals surface area contributed by atoms with Gasteiger partial charge in [0.25, 0.3) is 5.91 Å². The third-order valence-corrected chi connectivity index (χ3v) is 2.72. The van der Waals surface area contributed by atoms with Gasteiger partial charge in [-0.3, -0.25) is 4.79 Å². The van der Waals surface area contributed by atoms with Crippen molar-refractivity contribution in [3.05, 3.63) is 30.3 Å². The fraction of sp³-hybridized carbons (Fsp3) is 0.500. The average Bonchev–Trinajstić information content (AvgIpc) is 2.42. The monoisotopic (exact) mass is 250 g/mol. The van der Waals surface area contributed by atoms with Crippen LogP contribution in [0.2, 0.25) is 0 Å². The first-order valence-electron chi connectivity index (χ1n) is 6.43. The first-order valence-corrected chi connectivity index (χ1v) is 6.43. The second-order valence-electron chi connectivity index (χ2n) is 4.07. The molecule has 0 radical (unpaired) electrons. The minimum absolute atomic E-state index is 0.0263. The Labute approximate surface area is 109 Å². The van der Waals surface area contributed by atoms with Gasteiger partial charge in [-0.2, -0.15) is 0 Å². The number of amides is 1. The van der Waals surface area contributed by atoms with Crippen molar-refractivity contribution in [3.63, 3.8) is 0 Å². The summed E-state index contributed by atoms with van der Waals surface area (Å²) in [5, 5.41) is 0. The number of nitrogens with zero attached hydrogens (tertiary/aromatic N) is 1. The molecule has 2 N–H and O–H groups in total. The van der Waals surface area contributed by atoms with E-state index in [0.29, 0.717) is 13.1 Å². The van der Waals surface area contributed by atoms with Crippen LogP contribution in [0.3, 0.4) is 0 Å². The van der Waals surface area contributed by atoms with E-state index in [1.54, 1.807) is 4.90 Å². The Bertz CT molecular complexity index is 341. The van der Waals surface area contributed by atoms with Gasteiger partial charge < -0.3 is 15.4 Å². The minimum atomic E-state index is 0.0263. The van der Waals surface area contributed by atoms with Crippen molar-refractivity contribution in [2.75, 3.05) is 26.2 Å². The fourth-order valence-corrected chi connectivity index (χ4v) is 1.66. The summed E-state index contributed by atoms with van der Waals surface area (Å²) in [5.41, 5.74) is 5.44. The number of ether oxygens (including phenoxy) is 1. The zero-order chi connectivity index (χ0) is 13.2. The van der Waals surface area contributed by atoms with E-state index in [1.165, 1.54) is 0 Å². The van der Waals surface area contributed by atoms with Crippen LogP contribution < -0.4 is 10.5 Å². The normalized spacial score (nSPS) is 10.1. The van der Waals surface area contributed by atoms with Crippen LogP contribution in [0.4, 0.5) is 0 Å². The summed E-state index contributed by atoms with van der Waals surface area (Å²) >= 11 is 0. The highest BCUT2D eigenvalue weighted by Crippen LogP contribution is 2.08. The number of likely N-dealkylation sites (N-methyl/N-ethyl adjacent to an activating group) is 1. The lowest BCUT2D eigenvalue weighted by Crippen LogP contribution is -2.35. The van der Waals surface area contributed by atoms with Crippen LogP contribution in [0.25, 0.3) is 0 Å². The van der Waals surface area contributed by atoms with Crippen LogP contribution in [0.5, 0.6) is 5.75 Å². The number of para-hydroxylation sites is 1. The number of carbonyl (C=O) groups excluding carboxylic acids is 1. The summed E-state index contributed by atoms with van der Waals surface area (Å²) in [6.07, 6.45) is 1.89. The van der Waals surface area contributed by atoms with Gasteiger partial charge in [-0.15, -0.1) is 0 Å². The number of hydrogen-bond acceptors (Lipinski definition) is 3. The van der Waals surface area contributed by atoms with E-state index in [1.807, 2.05) is 37.3 Å². The number of unbranched alkanes of at least 4 members (excludes halogenated alkanes) is 1. The fourth-order valence-electron chi connectivity index (χ4n) is 1.66. The summed E-state index contributed by atoms with van der Waals surface area (Å²) in [6.45, 7) is 4.21. The molecule has 0 unspecified atom stereocenters. The highest BCUT2D eigenvalue weighted by atomic mass is 16.5. The van der Waals surface area contributed by atoms with Crippen molar-refractivity contribution >= 4 is 5.91 Å². The van der Waals surface area contributed by atoms with E-state index in [2.05, 4.69) is 0 Å². The van der Waals surface area contributed by atoms with Gasteiger partial charge in [0, 0.05) is 13.1 Å². The van der Waals surface area contributed by atoms with E-state index in [9.17, 15) is 4.79 Å². The molecule has 0 saturated carbocycles. The molecule has 0 atom stereocenters. The Morgan fingerprint density at radius 3 is 2.61 bits per heavy atom. The minimum Gasteiger partial charge on any atom is -0.484 e. The van der Waals surface area contributed by atoms with E-state index >= 15 is 0 Å². The number of carbonyl (C=O) groups is 1. The number of benzene rings is 1. The predicted molar refractivity (Wildman–Crippen MR) is 72.5 cm³/mol. The Morgan fingerprint density at radius 1 is 1.28 bits per heavy atom. The maximum Gasteiger partial charge on any atom is 0.260 e. The molecule has 0 heterocycles. The molecule has 1 rings (SSSR count). The second kappa shape index (κ2) is 8.53. The summed E-state index contributed by atoms with van der Waals surface area (Å²) in [4.78, 5) is 13.7. The second-order valence-corrected chi connectivity index (χ2v) is 4.07. The molecule has 0 bridgehead atoms. The van der Waals surface area contributed by atoms with Crippen LogP contribution in [-0.2, 0) is 4.79 Å². The zero-order valence-corrected chi connectivity index (χ0v) is 11.0. The lowest BCUT2D eigenvalue weighted by atomic mass is 10.3. The molecule has 4 heteroatoms. The molecule has 1 amide bonds. The molecule has 1 aromatic rings. The molecule has 0 fully saturated rings. The van der Waals surface area contributed by atoms with Crippen molar-refractivity contribution in [1.29, 1.82) is 0 Å². The number of nitrogens with two attached hydrogens (primary N) is 1. The number of rotatable bonds is 8. The smallest absolute Gasteiger partial charge is 0.260 e. The quantitative estimate of drug-likeness (QED) is 0.714. The molecular weight excluding hydrogens is 228 g/mol. The first-order chi connectivity index (χ1) is 8.77. The Kier molecular flexibility index (Phi) is 6.87. The maximum atomic E-state index is 11.9. The van der Waals surface area contributed by atoms with Crippen LogP contribution in [0.1, 0.15) is 19.8 Å². The first kappa shape index (κ1) is 14.5. The molecule has 0 aliphatic carbocycles. The molecule has 0 saturated heterocycles. The van der Waals surface area contributed by atoms with Crippen molar-refractivity contribution in [2.45, 2.75) is 19.8 Å². The number of hydrogen-bond donors (Lipinski definition) is 1. The summed E-state index contributed by atoms with van der Waals surface area (Å²) < 4.78 is 5.44. The summed E-state index contributed by atoms with van der Waals surface area (Å²) in [5.74, 6) is 0.752. The van der Waals surface area contributed by atoms with E-state index in [0.717, 1.165) is 25.1 Å². The molecule has 100 valence electrons. The van der Waals surface area contributed by atoms with Gasteiger partial charge in [0.05, 0.1) is 0 Å². The SMILES string of the molecule is CCN(CCCCN)C(=O)COc1ccccc1. The van der Waals surface area contributed by atoms with Crippen molar-refractivity contribution in [1.82, 2.24) is 4.90 Å².